The van der Waals surface area contributed by atoms with Crippen LogP contribution in [0.4, 0.5) is 17.6 Å². The van der Waals surface area contributed by atoms with Gasteiger partial charge >= 0.3 is 6.18 Å². The second-order valence-electron chi connectivity index (χ2n) is 5.87. The van der Waals surface area contributed by atoms with Crippen LogP contribution in [0.2, 0.25) is 0 Å². The summed E-state index contributed by atoms with van der Waals surface area (Å²) in [5, 5.41) is 0. The Labute approximate surface area is 152 Å². The topological polar surface area (TPSA) is 9.23 Å². The number of rotatable bonds is 3. The van der Waals surface area contributed by atoms with Crippen LogP contribution in [0.3, 0.4) is 0 Å². The van der Waals surface area contributed by atoms with Gasteiger partial charge in [0.2, 0.25) is 0 Å². The summed E-state index contributed by atoms with van der Waals surface area (Å²) in [6.45, 7) is 5.14. The van der Waals surface area contributed by atoms with Crippen molar-refractivity contribution in [2.75, 3.05) is 7.11 Å². The van der Waals surface area contributed by atoms with Crippen molar-refractivity contribution in [3.8, 4) is 16.9 Å². The van der Waals surface area contributed by atoms with E-state index in [9.17, 15) is 17.6 Å². The first kappa shape index (κ1) is 19.0. The molecule has 0 amide bonds. The zero-order chi connectivity index (χ0) is 18.2. The second kappa shape index (κ2) is 6.90. The van der Waals surface area contributed by atoms with Gasteiger partial charge in [-0.05, 0) is 70.3 Å². The molecule has 24 heavy (non-hydrogen) atoms. The zero-order valence-electron chi connectivity index (χ0n) is 13.7. The molecule has 0 aliphatic carbocycles. The van der Waals surface area contributed by atoms with Crippen molar-refractivity contribution in [2.45, 2.75) is 32.9 Å². The first-order valence-electron chi connectivity index (χ1n) is 7.31. The maximum absolute atomic E-state index is 14.2. The van der Waals surface area contributed by atoms with Crippen molar-refractivity contribution in [1.82, 2.24) is 0 Å². The van der Waals surface area contributed by atoms with Crippen LogP contribution in [0.5, 0.6) is 5.75 Å². The molecule has 0 aliphatic rings. The third kappa shape index (κ3) is 3.68. The molecule has 0 spiro atoms. The first-order chi connectivity index (χ1) is 11.1. The molecule has 0 saturated heterocycles. The van der Waals surface area contributed by atoms with Crippen LogP contribution in [0.25, 0.3) is 11.1 Å². The van der Waals surface area contributed by atoms with Gasteiger partial charge in [0.25, 0.3) is 0 Å². The van der Waals surface area contributed by atoms with Crippen molar-refractivity contribution >= 4 is 22.6 Å². The molecule has 0 unspecified atom stereocenters. The lowest BCUT2D eigenvalue weighted by atomic mass is 9.94. The maximum Gasteiger partial charge on any atom is 0.416 e. The third-order valence-corrected chi connectivity index (χ3v) is 4.74. The number of hydrogen-bond donors (Lipinski definition) is 0. The predicted octanol–water partition coefficient (Wildman–Crippen LogP) is 6.56. The minimum atomic E-state index is -4.40. The van der Waals surface area contributed by atoms with Crippen molar-refractivity contribution in [3.63, 3.8) is 0 Å². The first-order valence-corrected chi connectivity index (χ1v) is 8.39. The highest BCUT2D eigenvalue weighted by atomic mass is 127. The summed E-state index contributed by atoms with van der Waals surface area (Å²) in [5.74, 6) is -0.138. The number of benzene rings is 2. The molecule has 1 nitrogen and oxygen atoms in total. The maximum atomic E-state index is 14.2. The number of alkyl halides is 3. The van der Waals surface area contributed by atoms with E-state index in [-0.39, 0.29) is 17.3 Å². The molecule has 0 radical (unpaired) electrons. The van der Waals surface area contributed by atoms with Gasteiger partial charge < -0.3 is 4.74 Å². The number of ether oxygens (including phenoxy) is 1. The molecule has 0 aromatic heterocycles. The van der Waals surface area contributed by atoms with Crippen molar-refractivity contribution < 1.29 is 22.3 Å². The van der Waals surface area contributed by atoms with Gasteiger partial charge in [0.05, 0.1) is 12.7 Å². The summed E-state index contributed by atoms with van der Waals surface area (Å²) in [5.41, 5.74) is 1.14. The van der Waals surface area contributed by atoms with Crippen molar-refractivity contribution in [1.29, 1.82) is 0 Å². The van der Waals surface area contributed by atoms with Gasteiger partial charge in [-0.25, -0.2) is 4.39 Å². The Morgan fingerprint density at radius 1 is 1.04 bits per heavy atom. The van der Waals surface area contributed by atoms with E-state index in [2.05, 4.69) is 0 Å². The Morgan fingerprint density at radius 2 is 1.67 bits per heavy atom. The van der Waals surface area contributed by atoms with Crippen LogP contribution >= 0.6 is 22.6 Å². The molecule has 130 valence electrons. The van der Waals surface area contributed by atoms with E-state index in [1.54, 1.807) is 6.07 Å². The molecule has 0 atom stereocenters. The van der Waals surface area contributed by atoms with Crippen molar-refractivity contribution in [2.24, 2.45) is 0 Å². The molecule has 0 saturated carbocycles. The van der Waals surface area contributed by atoms with E-state index in [4.69, 9.17) is 4.74 Å². The van der Waals surface area contributed by atoms with E-state index >= 15 is 0 Å². The average molecular weight is 452 g/mol. The Morgan fingerprint density at radius 3 is 2.17 bits per heavy atom. The molecule has 2 aromatic carbocycles. The van der Waals surface area contributed by atoms with Crippen LogP contribution in [0.1, 0.15) is 36.5 Å². The Kier molecular flexibility index (Phi) is 5.47. The predicted molar refractivity (Wildman–Crippen MR) is 94.9 cm³/mol. The fourth-order valence-corrected chi connectivity index (χ4v) is 3.34. The minimum Gasteiger partial charge on any atom is -0.496 e. The third-order valence-electron chi connectivity index (χ3n) is 3.85. The van der Waals surface area contributed by atoms with Gasteiger partial charge in [-0.3, -0.25) is 0 Å². The number of hydrogen-bond acceptors (Lipinski definition) is 1. The SMILES string of the molecule is COc1cc(F)c(C(C)C)cc1-c1cc(C)c(C(F)(F)F)cc1I. The Hall–Kier alpha value is -1.31. The van der Waals surface area contributed by atoms with Crippen LogP contribution in [-0.2, 0) is 6.18 Å². The van der Waals surface area contributed by atoms with Crippen molar-refractivity contribution in [3.05, 3.63) is 50.3 Å². The molecular formula is C18H17F4IO. The molecule has 0 aliphatic heterocycles. The van der Waals surface area contributed by atoms with E-state index in [0.717, 1.165) is 6.07 Å². The fraction of sp³-hybridized carbons (Fsp3) is 0.333. The molecule has 2 aromatic rings. The number of methoxy groups -OCH3 is 1. The summed E-state index contributed by atoms with van der Waals surface area (Å²) in [4.78, 5) is 0. The molecule has 0 bridgehead atoms. The van der Waals surface area contributed by atoms with E-state index in [0.29, 0.717) is 26.0 Å². The molecule has 0 N–H and O–H groups in total. The Bertz CT molecular complexity index is 767. The number of aryl methyl sites for hydroxylation is 1. The second-order valence-corrected chi connectivity index (χ2v) is 7.04. The Balaban J connectivity index is 2.72. The van der Waals surface area contributed by atoms with Crippen LogP contribution in [0, 0.1) is 16.3 Å². The fourth-order valence-electron chi connectivity index (χ4n) is 2.59. The summed E-state index contributed by atoms with van der Waals surface area (Å²) in [7, 11) is 1.41. The molecular weight excluding hydrogens is 435 g/mol. The van der Waals surface area contributed by atoms with Crippen LogP contribution in [-0.4, -0.2) is 7.11 Å². The lowest BCUT2D eigenvalue weighted by molar-refractivity contribution is -0.138. The van der Waals surface area contributed by atoms with E-state index in [1.165, 1.54) is 26.2 Å². The van der Waals surface area contributed by atoms with Gasteiger partial charge in [-0.1, -0.05) is 13.8 Å². The minimum absolute atomic E-state index is 0.0529. The number of halogens is 5. The summed E-state index contributed by atoms with van der Waals surface area (Å²) >= 11 is 1.87. The molecule has 2 rings (SSSR count). The summed E-state index contributed by atoms with van der Waals surface area (Å²) in [6, 6.07) is 5.53. The zero-order valence-corrected chi connectivity index (χ0v) is 15.8. The van der Waals surface area contributed by atoms with E-state index in [1.807, 2.05) is 36.4 Å². The standard InChI is InChI=1S/C18H17F4IO/c1-9(2)11-6-13(17(24-4)8-15(11)19)12-5-10(3)14(7-16(12)23)18(20,21)22/h5-9H,1-4H3. The van der Waals surface area contributed by atoms with Gasteiger partial charge in [0, 0.05) is 15.2 Å². The highest BCUT2D eigenvalue weighted by Gasteiger charge is 2.33. The normalized spacial score (nSPS) is 11.9. The molecule has 0 fully saturated rings. The van der Waals surface area contributed by atoms with Gasteiger partial charge in [0.15, 0.2) is 0 Å². The van der Waals surface area contributed by atoms with Crippen LogP contribution < -0.4 is 4.74 Å². The van der Waals surface area contributed by atoms with Gasteiger partial charge in [-0.15, -0.1) is 0 Å². The highest BCUT2D eigenvalue weighted by Crippen LogP contribution is 2.40. The van der Waals surface area contributed by atoms with Gasteiger partial charge in [-0.2, -0.15) is 13.2 Å². The van der Waals surface area contributed by atoms with Gasteiger partial charge in [0.1, 0.15) is 11.6 Å². The largest absolute Gasteiger partial charge is 0.496 e. The monoisotopic (exact) mass is 452 g/mol. The lowest BCUT2D eigenvalue weighted by Gasteiger charge is -2.18. The smallest absolute Gasteiger partial charge is 0.416 e. The molecule has 6 heteroatoms. The average Bonchev–Trinajstić information content (AvgIpc) is 2.47. The quantitative estimate of drug-likeness (QED) is 0.379. The lowest BCUT2D eigenvalue weighted by Crippen LogP contribution is -2.08. The summed E-state index contributed by atoms with van der Waals surface area (Å²) < 4.78 is 59.0. The summed E-state index contributed by atoms with van der Waals surface area (Å²) in [6.07, 6.45) is -4.40. The highest BCUT2D eigenvalue weighted by molar-refractivity contribution is 14.1. The van der Waals surface area contributed by atoms with Crippen LogP contribution in [0.15, 0.2) is 24.3 Å². The van der Waals surface area contributed by atoms with E-state index < -0.39 is 11.7 Å². The molecule has 0 heterocycles.